The van der Waals surface area contributed by atoms with Crippen molar-refractivity contribution in [3.63, 3.8) is 0 Å². The second-order valence-corrected chi connectivity index (χ2v) is 10.7. The van der Waals surface area contributed by atoms with E-state index in [0.717, 1.165) is 64.1 Å². The Morgan fingerprint density at radius 2 is 1.61 bits per heavy atom. The van der Waals surface area contributed by atoms with Crippen molar-refractivity contribution in [2.75, 3.05) is 87.9 Å². The molecule has 3 aliphatic heterocycles. The van der Waals surface area contributed by atoms with Crippen molar-refractivity contribution in [3.8, 4) is 0 Å². The molecule has 10 nitrogen and oxygen atoms in total. The number of anilines is 2. The van der Waals surface area contributed by atoms with E-state index in [1.54, 1.807) is 17.0 Å². The summed E-state index contributed by atoms with van der Waals surface area (Å²) in [5, 5.41) is 3.29. The van der Waals surface area contributed by atoms with Gasteiger partial charge in [-0.3, -0.25) is 19.2 Å². The molecule has 1 aromatic carbocycles. The van der Waals surface area contributed by atoms with Gasteiger partial charge >= 0.3 is 0 Å². The highest BCUT2D eigenvalue weighted by Crippen LogP contribution is 2.29. The molecule has 0 aliphatic carbocycles. The summed E-state index contributed by atoms with van der Waals surface area (Å²) in [6.45, 7) is 7.68. The van der Waals surface area contributed by atoms with Crippen LogP contribution < -0.4 is 14.9 Å². The SMILES string of the molecule is CS(=O)(=O)Nc1cc(C(=O)N2CCN(CC(=O)N3CCCC3)CC2)ccc1N1CCNCC1. The van der Waals surface area contributed by atoms with Crippen LogP contribution in [0.15, 0.2) is 18.2 Å². The predicted octanol–water partition coefficient (Wildman–Crippen LogP) is -0.152. The highest BCUT2D eigenvalue weighted by atomic mass is 32.2. The van der Waals surface area contributed by atoms with Gasteiger partial charge in [0, 0.05) is 71.0 Å². The molecule has 3 heterocycles. The Bertz CT molecular complexity index is 965. The Morgan fingerprint density at radius 1 is 0.939 bits per heavy atom. The standard InChI is InChI=1S/C22H34N6O4S/c1-33(31,32)24-19-16-18(4-5-20(19)26-10-6-23-7-11-26)22(30)28-14-12-25(13-15-28)17-21(29)27-8-2-3-9-27/h4-5,16,23-24H,2-3,6-15,17H2,1H3. The summed E-state index contributed by atoms with van der Waals surface area (Å²) in [7, 11) is -3.49. The lowest BCUT2D eigenvalue weighted by atomic mass is 10.1. The molecule has 0 saturated carbocycles. The van der Waals surface area contributed by atoms with Crippen LogP contribution in [0.1, 0.15) is 23.2 Å². The molecular weight excluding hydrogens is 444 g/mol. The zero-order valence-electron chi connectivity index (χ0n) is 19.3. The van der Waals surface area contributed by atoms with Crippen LogP contribution in [0.4, 0.5) is 11.4 Å². The number of amides is 2. The lowest BCUT2D eigenvalue weighted by Crippen LogP contribution is -2.51. The molecule has 2 amide bonds. The van der Waals surface area contributed by atoms with Crippen LogP contribution in [0, 0.1) is 0 Å². The molecule has 0 atom stereocenters. The molecule has 11 heteroatoms. The molecule has 2 N–H and O–H groups in total. The molecular formula is C22H34N6O4S. The van der Waals surface area contributed by atoms with E-state index in [1.807, 2.05) is 11.0 Å². The Labute approximate surface area is 195 Å². The molecule has 4 rings (SSSR count). The second kappa shape index (κ2) is 10.3. The maximum Gasteiger partial charge on any atom is 0.254 e. The predicted molar refractivity (Wildman–Crippen MR) is 128 cm³/mol. The zero-order chi connectivity index (χ0) is 23.4. The van der Waals surface area contributed by atoms with Crippen molar-refractivity contribution in [3.05, 3.63) is 23.8 Å². The number of rotatable bonds is 6. The van der Waals surface area contributed by atoms with E-state index in [0.29, 0.717) is 44.0 Å². The fourth-order valence-electron chi connectivity index (χ4n) is 4.68. The van der Waals surface area contributed by atoms with Crippen molar-refractivity contribution < 1.29 is 18.0 Å². The fraction of sp³-hybridized carbons (Fsp3) is 0.636. The summed E-state index contributed by atoms with van der Waals surface area (Å²) in [6, 6.07) is 5.25. The number of carbonyl (C=O) groups excluding carboxylic acids is 2. The molecule has 3 fully saturated rings. The molecule has 0 bridgehead atoms. The zero-order valence-corrected chi connectivity index (χ0v) is 20.1. The van der Waals surface area contributed by atoms with E-state index in [4.69, 9.17) is 0 Å². The molecule has 0 aromatic heterocycles. The lowest BCUT2D eigenvalue weighted by molar-refractivity contribution is -0.131. The van der Waals surface area contributed by atoms with Gasteiger partial charge in [-0.05, 0) is 31.0 Å². The second-order valence-electron chi connectivity index (χ2n) is 9.00. The highest BCUT2D eigenvalue weighted by molar-refractivity contribution is 7.92. The van der Waals surface area contributed by atoms with E-state index < -0.39 is 10.0 Å². The molecule has 0 radical (unpaired) electrons. The van der Waals surface area contributed by atoms with Crippen LogP contribution in [0.5, 0.6) is 0 Å². The van der Waals surface area contributed by atoms with Gasteiger partial charge in [-0.2, -0.15) is 0 Å². The van der Waals surface area contributed by atoms with Crippen molar-refractivity contribution >= 4 is 33.2 Å². The van der Waals surface area contributed by atoms with Crippen LogP contribution in [0.25, 0.3) is 0 Å². The quantitative estimate of drug-likeness (QED) is 0.586. The molecule has 0 unspecified atom stereocenters. The smallest absolute Gasteiger partial charge is 0.254 e. The average molecular weight is 479 g/mol. The van der Waals surface area contributed by atoms with E-state index >= 15 is 0 Å². The number of benzene rings is 1. The van der Waals surface area contributed by atoms with Crippen molar-refractivity contribution in [2.45, 2.75) is 12.8 Å². The minimum atomic E-state index is -3.49. The molecule has 182 valence electrons. The van der Waals surface area contributed by atoms with Gasteiger partial charge in [0.2, 0.25) is 15.9 Å². The van der Waals surface area contributed by atoms with Gasteiger partial charge in [0.15, 0.2) is 0 Å². The van der Waals surface area contributed by atoms with Crippen LogP contribution in [0.3, 0.4) is 0 Å². The van der Waals surface area contributed by atoms with Gasteiger partial charge in [-0.25, -0.2) is 8.42 Å². The number of hydrogen-bond acceptors (Lipinski definition) is 7. The first kappa shape index (κ1) is 23.8. The number of hydrogen-bond donors (Lipinski definition) is 2. The first-order valence-electron chi connectivity index (χ1n) is 11.7. The fourth-order valence-corrected chi connectivity index (χ4v) is 5.24. The Kier molecular flexibility index (Phi) is 7.40. The van der Waals surface area contributed by atoms with Gasteiger partial charge in [-0.1, -0.05) is 0 Å². The third-order valence-corrected chi connectivity index (χ3v) is 7.06. The number of sulfonamides is 1. The molecule has 33 heavy (non-hydrogen) atoms. The summed E-state index contributed by atoms with van der Waals surface area (Å²) >= 11 is 0. The maximum atomic E-state index is 13.2. The molecule has 3 aliphatic rings. The number of nitrogens with one attached hydrogen (secondary N) is 2. The Balaban J connectivity index is 1.41. The van der Waals surface area contributed by atoms with Crippen LogP contribution >= 0.6 is 0 Å². The van der Waals surface area contributed by atoms with Gasteiger partial charge in [-0.15, -0.1) is 0 Å². The average Bonchev–Trinajstić information content (AvgIpc) is 3.34. The summed E-state index contributed by atoms with van der Waals surface area (Å²) in [5.41, 5.74) is 1.67. The molecule has 3 saturated heterocycles. The van der Waals surface area contributed by atoms with Gasteiger partial charge in [0.05, 0.1) is 24.2 Å². The third kappa shape index (κ3) is 6.15. The first-order chi connectivity index (χ1) is 15.8. The summed E-state index contributed by atoms with van der Waals surface area (Å²) in [5.74, 6) is 0.0520. The number of piperazine rings is 2. The topological polar surface area (TPSA) is 105 Å². The first-order valence-corrected chi connectivity index (χ1v) is 13.6. The van der Waals surface area contributed by atoms with E-state index in [-0.39, 0.29) is 11.8 Å². The normalized spacial score (nSPS) is 20.2. The summed E-state index contributed by atoms with van der Waals surface area (Å²) in [6.07, 6.45) is 3.28. The van der Waals surface area contributed by atoms with E-state index in [2.05, 4.69) is 19.8 Å². The Morgan fingerprint density at radius 3 is 2.24 bits per heavy atom. The highest BCUT2D eigenvalue weighted by Gasteiger charge is 2.27. The minimum Gasteiger partial charge on any atom is -0.367 e. The van der Waals surface area contributed by atoms with E-state index in [1.165, 1.54) is 0 Å². The van der Waals surface area contributed by atoms with Crippen LogP contribution in [-0.2, 0) is 14.8 Å². The van der Waals surface area contributed by atoms with Gasteiger partial charge in [0.25, 0.3) is 5.91 Å². The summed E-state index contributed by atoms with van der Waals surface area (Å²) in [4.78, 5) is 33.5. The van der Waals surface area contributed by atoms with Crippen molar-refractivity contribution in [1.29, 1.82) is 0 Å². The minimum absolute atomic E-state index is 0.121. The monoisotopic (exact) mass is 478 g/mol. The van der Waals surface area contributed by atoms with Crippen molar-refractivity contribution in [1.82, 2.24) is 20.0 Å². The summed E-state index contributed by atoms with van der Waals surface area (Å²) < 4.78 is 26.5. The Hall–Kier alpha value is -2.37. The van der Waals surface area contributed by atoms with Gasteiger partial charge < -0.3 is 20.0 Å². The van der Waals surface area contributed by atoms with Gasteiger partial charge in [0.1, 0.15) is 0 Å². The largest absolute Gasteiger partial charge is 0.367 e. The molecule has 1 aromatic rings. The number of carbonyl (C=O) groups is 2. The van der Waals surface area contributed by atoms with Crippen LogP contribution in [0.2, 0.25) is 0 Å². The third-order valence-electron chi connectivity index (χ3n) is 6.47. The van der Waals surface area contributed by atoms with Crippen molar-refractivity contribution in [2.24, 2.45) is 0 Å². The number of likely N-dealkylation sites (tertiary alicyclic amines) is 1. The maximum absolute atomic E-state index is 13.2. The number of nitrogens with zero attached hydrogens (tertiary/aromatic N) is 4. The van der Waals surface area contributed by atoms with E-state index in [9.17, 15) is 18.0 Å². The molecule has 0 spiro atoms. The van der Waals surface area contributed by atoms with Crippen LogP contribution in [-0.4, -0.2) is 113 Å². The lowest BCUT2D eigenvalue weighted by Gasteiger charge is -2.35.